The van der Waals surface area contributed by atoms with E-state index in [1.165, 1.54) is 24.3 Å². The summed E-state index contributed by atoms with van der Waals surface area (Å²) in [6.45, 7) is 0. The molecule has 0 aliphatic carbocycles. The second-order valence-electron chi connectivity index (χ2n) is 6.94. The van der Waals surface area contributed by atoms with Crippen LogP contribution in [-0.2, 0) is 9.47 Å². The molecule has 34 heavy (non-hydrogen) atoms. The zero-order valence-corrected chi connectivity index (χ0v) is 17.9. The van der Waals surface area contributed by atoms with E-state index in [1.807, 2.05) is 0 Å². The van der Waals surface area contributed by atoms with Crippen molar-refractivity contribution in [2.75, 3.05) is 14.2 Å². The molecule has 9 heteroatoms. The Morgan fingerprint density at radius 1 is 0.618 bits per heavy atom. The first-order valence-electron chi connectivity index (χ1n) is 9.85. The van der Waals surface area contributed by atoms with Gasteiger partial charge in [0.25, 0.3) is 5.78 Å². The van der Waals surface area contributed by atoms with Crippen molar-refractivity contribution in [1.82, 2.24) is 0 Å². The number of halogens is 2. The third-order valence-corrected chi connectivity index (χ3v) is 4.98. The summed E-state index contributed by atoms with van der Waals surface area (Å²) in [5.74, 6) is -8.63. The lowest BCUT2D eigenvalue weighted by Crippen LogP contribution is -2.03. The lowest BCUT2D eigenvalue weighted by atomic mass is 9.99. The van der Waals surface area contributed by atoms with Gasteiger partial charge in [-0.25, -0.2) is 18.4 Å². The molecule has 0 aliphatic heterocycles. The van der Waals surface area contributed by atoms with E-state index in [2.05, 4.69) is 9.47 Å². The molecular formula is C25H16F2O7. The van der Waals surface area contributed by atoms with Crippen LogP contribution in [0, 0.1) is 11.6 Å². The molecule has 4 rings (SSSR count). The van der Waals surface area contributed by atoms with E-state index < -0.39 is 52.4 Å². The largest absolute Gasteiger partial charge is 0.463 e. The molecule has 0 saturated heterocycles. The fourth-order valence-electron chi connectivity index (χ4n) is 3.42. The fourth-order valence-corrected chi connectivity index (χ4v) is 3.42. The highest BCUT2D eigenvalue weighted by Gasteiger charge is 2.36. The maximum absolute atomic E-state index is 15.3. The number of furan rings is 2. The predicted molar refractivity (Wildman–Crippen MR) is 114 cm³/mol. The molecule has 2 heterocycles. The highest BCUT2D eigenvalue weighted by atomic mass is 19.1. The normalized spacial score (nSPS) is 10.7. The average molecular weight is 466 g/mol. The Morgan fingerprint density at radius 2 is 0.971 bits per heavy atom. The molecule has 0 bridgehead atoms. The molecular weight excluding hydrogens is 450 g/mol. The molecule has 172 valence electrons. The summed E-state index contributed by atoms with van der Waals surface area (Å²) in [5, 5.41) is 0. The van der Waals surface area contributed by atoms with E-state index in [0.29, 0.717) is 0 Å². The van der Waals surface area contributed by atoms with Gasteiger partial charge in [-0.3, -0.25) is 4.79 Å². The number of ether oxygens (including phenoxy) is 2. The molecule has 2 aromatic heterocycles. The third-order valence-electron chi connectivity index (χ3n) is 4.98. The minimum absolute atomic E-state index is 0.212. The Bertz CT molecular complexity index is 1280. The maximum Gasteiger partial charge on any atom is 0.377 e. The van der Waals surface area contributed by atoms with Crippen molar-refractivity contribution in [1.29, 1.82) is 0 Å². The highest BCUT2D eigenvalue weighted by Crippen LogP contribution is 2.38. The van der Waals surface area contributed by atoms with Gasteiger partial charge >= 0.3 is 11.9 Å². The van der Waals surface area contributed by atoms with Crippen molar-refractivity contribution in [3.63, 3.8) is 0 Å². The minimum Gasteiger partial charge on any atom is -0.463 e. The highest BCUT2D eigenvalue weighted by molar-refractivity contribution is 6.14. The first kappa shape index (κ1) is 22.7. The molecule has 0 spiro atoms. The van der Waals surface area contributed by atoms with Crippen LogP contribution < -0.4 is 0 Å². The molecule has 0 aliphatic rings. The quantitative estimate of drug-likeness (QED) is 0.281. The number of rotatable bonds is 6. The van der Waals surface area contributed by atoms with Gasteiger partial charge in [0.15, 0.2) is 23.2 Å². The van der Waals surface area contributed by atoms with Crippen LogP contribution in [0.5, 0.6) is 0 Å². The summed E-state index contributed by atoms with van der Waals surface area (Å²) < 4.78 is 50.2. The summed E-state index contributed by atoms with van der Waals surface area (Å²) >= 11 is 0. The molecule has 0 radical (unpaired) electrons. The van der Waals surface area contributed by atoms with E-state index in [1.54, 1.807) is 36.4 Å². The zero-order chi connectivity index (χ0) is 24.4. The Kier molecular flexibility index (Phi) is 6.09. The number of ketones is 1. The van der Waals surface area contributed by atoms with Gasteiger partial charge < -0.3 is 18.3 Å². The van der Waals surface area contributed by atoms with Crippen LogP contribution in [0.3, 0.4) is 0 Å². The van der Waals surface area contributed by atoms with Crippen molar-refractivity contribution in [2.45, 2.75) is 0 Å². The SMILES string of the molecule is COC(=O)c1oc(C(=O)c2oc(C(=O)OC)c(F)c2-c2ccccc2)c(-c2ccccc2)c1F. The summed E-state index contributed by atoms with van der Waals surface area (Å²) in [5.41, 5.74) is -0.268. The molecule has 0 saturated carbocycles. The lowest BCUT2D eigenvalue weighted by Gasteiger charge is -2.04. The van der Waals surface area contributed by atoms with Crippen LogP contribution >= 0.6 is 0 Å². The van der Waals surface area contributed by atoms with Crippen molar-refractivity contribution in [2.24, 2.45) is 0 Å². The average Bonchev–Trinajstić information content (AvgIpc) is 3.40. The number of carbonyl (C=O) groups is 3. The van der Waals surface area contributed by atoms with Gasteiger partial charge in [0.1, 0.15) is 0 Å². The van der Waals surface area contributed by atoms with Gasteiger partial charge in [-0.2, -0.15) is 0 Å². The molecule has 2 aromatic carbocycles. The second kappa shape index (κ2) is 9.14. The van der Waals surface area contributed by atoms with E-state index in [4.69, 9.17) is 8.83 Å². The van der Waals surface area contributed by atoms with Gasteiger partial charge in [-0.05, 0) is 11.1 Å². The van der Waals surface area contributed by atoms with Crippen LogP contribution in [0.25, 0.3) is 22.3 Å². The van der Waals surface area contributed by atoms with Crippen molar-refractivity contribution >= 4 is 17.7 Å². The van der Waals surface area contributed by atoms with Gasteiger partial charge in [0.05, 0.1) is 25.3 Å². The molecule has 0 amide bonds. The van der Waals surface area contributed by atoms with Gasteiger partial charge in [0, 0.05) is 0 Å². The number of methoxy groups -OCH3 is 2. The van der Waals surface area contributed by atoms with E-state index in [0.717, 1.165) is 14.2 Å². The van der Waals surface area contributed by atoms with E-state index >= 15 is 8.78 Å². The minimum atomic E-state index is -1.15. The van der Waals surface area contributed by atoms with Crippen molar-refractivity contribution < 1.29 is 41.5 Å². The number of esters is 2. The maximum atomic E-state index is 15.3. The van der Waals surface area contributed by atoms with E-state index in [9.17, 15) is 14.4 Å². The zero-order valence-electron chi connectivity index (χ0n) is 17.9. The topological polar surface area (TPSA) is 96.0 Å². The van der Waals surface area contributed by atoms with Crippen LogP contribution in [0.2, 0.25) is 0 Å². The van der Waals surface area contributed by atoms with Crippen LogP contribution in [0.1, 0.15) is 37.4 Å². The molecule has 0 N–H and O–H groups in total. The Balaban J connectivity index is 1.98. The monoisotopic (exact) mass is 466 g/mol. The van der Waals surface area contributed by atoms with E-state index in [-0.39, 0.29) is 22.3 Å². The fraction of sp³-hybridized carbons (Fsp3) is 0.0800. The second-order valence-corrected chi connectivity index (χ2v) is 6.94. The summed E-state index contributed by atoms with van der Waals surface area (Å²) in [7, 11) is 2.04. The third kappa shape index (κ3) is 3.77. The summed E-state index contributed by atoms with van der Waals surface area (Å²) in [6.07, 6.45) is 0. The van der Waals surface area contributed by atoms with Crippen LogP contribution in [-0.4, -0.2) is 31.9 Å². The predicted octanol–water partition coefficient (Wildman–Crippen LogP) is 5.29. The van der Waals surface area contributed by atoms with Gasteiger partial charge in [0.2, 0.25) is 11.5 Å². The molecule has 0 unspecified atom stereocenters. The standard InChI is InChI=1S/C25H16F2O7/c1-31-24(29)22-17(26)15(13-9-5-3-6-10-13)20(33-22)19(28)21-16(14-11-7-4-8-12-14)18(27)23(34-21)25(30)32-2/h3-12H,1-2H3. The number of benzene rings is 2. The Labute approximate surface area is 191 Å². The summed E-state index contributed by atoms with van der Waals surface area (Å²) in [6, 6.07) is 15.7. The van der Waals surface area contributed by atoms with Crippen LogP contribution in [0.4, 0.5) is 8.78 Å². The lowest BCUT2D eigenvalue weighted by molar-refractivity contribution is 0.0550. The van der Waals surface area contributed by atoms with Gasteiger partial charge in [-0.1, -0.05) is 60.7 Å². The van der Waals surface area contributed by atoms with Crippen molar-refractivity contribution in [3.8, 4) is 22.3 Å². The summed E-state index contributed by atoms with van der Waals surface area (Å²) in [4.78, 5) is 37.7. The van der Waals surface area contributed by atoms with Crippen LogP contribution in [0.15, 0.2) is 69.5 Å². The first-order chi connectivity index (χ1) is 16.4. The number of carbonyl (C=O) groups excluding carboxylic acids is 3. The first-order valence-corrected chi connectivity index (χ1v) is 9.85. The molecule has 0 atom stereocenters. The van der Waals surface area contributed by atoms with Gasteiger partial charge in [-0.15, -0.1) is 0 Å². The molecule has 4 aromatic rings. The number of hydrogen-bond donors (Lipinski definition) is 0. The molecule has 0 fully saturated rings. The Morgan fingerprint density at radius 3 is 1.29 bits per heavy atom. The van der Waals surface area contributed by atoms with Crippen molar-refractivity contribution in [3.05, 3.63) is 95.3 Å². The smallest absolute Gasteiger partial charge is 0.377 e. The Hall–Kier alpha value is -4.53. The molecule has 7 nitrogen and oxygen atoms in total. The number of hydrogen-bond acceptors (Lipinski definition) is 7.